The van der Waals surface area contributed by atoms with Gasteiger partial charge in [-0.1, -0.05) is 0 Å². The number of carbonyl (C=O) groups is 1. The highest BCUT2D eigenvalue weighted by Gasteiger charge is 2.40. The summed E-state index contributed by atoms with van der Waals surface area (Å²) in [5.41, 5.74) is 0. The van der Waals surface area contributed by atoms with Crippen LogP contribution in [0.2, 0.25) is 0 Å². The molecule has 0 aromatic carbocycles. The van der Waals surface area contributed by atoms with Crippen LogP contribution in [-0.4, -0.2) is 52.6 Å². The van der Waals surface area contributed by atoms with Crippen LogP contribution in [0.15, 0.2) is 0 Å². The molecule has 0 saturated carbocycles. The van der Waals surface area contributed by atoms with Gasteiger partial charge in [0.1, 0.15) is 0 Å². The first-order valence-corrected chi connectivity index (χ1v) is 4.09. The molecule has 1 amide bonds. The third-order valence-corrected chi connectivity index (χ3v) is 1.95. The molecule has 0 atom stereocenters. The van der Waals surface area contributed by atoms with Crippen LogP contribution in [0.4, 0.5) is 8.78 Å². The Kier molecular flexibility index (Phi) is 3.05. The number of rotatable bonds is 1. The average Bonchev–Trinajstić information content (AvgIpc) is 2.03. The van der Waals surface area contributed by atoms with Gasteiger partial charge >= 0.3 is 11.3 Å². The summed E-state index contributed by atoms with van der Waals surface area (Å²) < 4.78 is 24.6. The molecule has 1 rings (SSSR count). The number of hydrogen-bond donors (Lipinski definition) is 1. The van der Waals surface area contributed by atoms with Crippen molar-refractivity contribution in [2.75, 3.05) is 26.2 Å². The molecule has 1 aliphatic rings. The molecular formula is C6H9ClF2N2O2. The number of alkyl halides is 3. The van der Waals surface area contributed by atoms with Gasteiger partial charge < -0.3 is 10.1 Å². The van der Waals surface area contributed by atoms with E-state index in [2.05, 4.69) is 11.6 Å². The van der Waals surface area contributed by atoms with Crippen molar-refractivity contribution >= 4 is 17.5 Å². The van der Waals surface area contributed by atoms with Crippen LogP contribution >= 0.6 is 11.6 Å². The zero-order valence-corrected chi connectivity index (χ0v) is 7.47. The van der Waals surface area contributed by atoms with Gasteiger partial charge in [0.2, 0.25) is 0 Å². The molecule has 1 heterocycles. The zero-order chi connectivity index (χ0) is 10.1. The van der Waals surface area contributed by atoms with Crippen molar-refractivity contribution in [2.24, 2.45) is 0 Å². The van der Waals surface area contributed by atoms with Gasteiger partial charge in [0.05, 0.1) is 0 Å². The smallest absolute Gasteiger partial charge is 0.334 e. The predicted octanol–water partition coefficient (Wildman–Crippen LogP) is 0.351. The van der Waals surface area contributed by atoms with Crippen molar-refractivity contribution in [1.29, 1.82) is 0 Å². The molecule has 0 radical (unpaired) electrons. The van der Waals surface area contributed by atoms with Crippen molar-refractivity contribution in [3.05, 3.63) is 0 Å². The first kappa shape index (κ1) is 10.6. The summed E-state index contributed by atoms with van der Waals surface area (Å²) in [7, 11) is 0. The number of hydrogen-bond acceptors (Lipinski definition) is 3. The van der Waals surface area contributed by atoms with Crippen LogP contribution in [0.5, 0.6) is 0 Å². The lowest BCUT2D eigenvalue weighted by atomic mass is 10.3. The maximum Gasteiger partial charge on any atom is 0.399 e. The first-order chi connectivity index (χ1) is 5.91. The lowest BCUT2D eigenvalue weighted by Crippen LogP contribution is -2.51. The van der Waals surface area contributed by atoms with E-state index in [9.17, 15) is 13.6 Å². The van der Waals surface area contributed by atoms with E-state index < -0.39 is 11.3 Å². The Hall–Kier alpha value is -0.460. The van der Waals surface area contributed by atoms with Crippen LogP contribution in [-0.2, 0) is 4.79 Å². The minimum absolute atomic E-state index is 0.0671. The largest absolute Gasteiger partial charge is 0.399 e. The van der Waals surface area contributed by atoms with E-state index in [1.54, 1.807) is 0 Å². The van der Waals surface area contributed by atoms with E-state index >= 15 is 0 Å². The fraction of sp³-hybridized carbons (Fsp3) is 0.833. The van der Waals surface area contributed by atoms with E-state index in [0.29, 0.717) is 0 Å². The predicted molar refractivity (Wildman–Crippen MR) is 40.7 cm³/mol. The maximum absolute atomic E-state index is 12.3. The zero-order valence-electron chi connectivity index (χ0n) is 6.71. The number of halogens is 3. The molecule has 0 spiro atoms. The van der Waals surface area contributed by atoms with E-state index in [0.717, 1.165) is 9.96 Å². The molecule has 1 saturated heterocycles. The SMILES string of the molecule is O=C(N1CCN(O)CC1)C(F)(F)Cl. The molecule has 0 bridgehead atoms. The average molecular weight is 215 g/mol. The van der Waals surface area contributed by atoms with Crippen molar-refractivity contribution in [3.63, 3.8) is 0 Å². The number of amides is 1. The summed E-state index contributed by atoms with van der Waals surface area (Å²) in [5, 5.41) is 6.02. The Morgan fingerprint density at radius 3 is 2.15 bits per heavy atom. The van der Waals surface area contributed by atoms with Gasteiger partial charge in [0, 0.05) is 26.2 Å². The number of nitrogens with zero attached hydrogens (tertiary/aromatic N) is 2. The first-order valence-electron chi connectivity index (χ1n) is 3.71. The number of piperazine rings is 1. The second-order valence-electron chi connectivity index (χ2n) is 2.74. The summed E-state index contributed by atoms with van der Waals surface area (Å²) in [6, 6.07) is 0. The van der Waals surface area contributed by atoms with Gasteiger partial charge in [-0.25, -0.2) is 0 Å². The Morgan fingerprint density at radius 2 is 1.77 bits per heavy atom. The molecule has 76 valence electrons. The molecule has 0 aromatic heterocycles. The quantitative estimate of drug-likeness (QED) is 0.641. The highest BCUT2D eigenvalue weighted by molar-refractivity contribution is 6.32. The Morgan fingerprint density at radius 1 is 1.31 bits per heavy atom. The van der Waals surface area contributed by atoms with Gasteiger partial charge in [0.15, 0.2) is 0 Å². The molecule has 0 aromatic rings. The second-order valence-corrected chi connectivity index (χ2v) is 3.22. The number of carbonyl (C=O) groups excluding carboxylic acids is 1. The van der Waals surface area contributed by atoms with E-state index in [4.69, 9.17) is 5.21 Å². The van der Waals surface area contributed by atoms with E-state index in [1.165, 1.54) is 0 Å². The molecule has 4 nitrogen and oxygen atoms in total. The fourth-order valence-electron chi connectivity index (χ4n) is 1.08. The fourth-order valence-corrected chi connectivity index (χ4v) is 1.20. The highest BCUT2D eigenvalue weighted by atomic mass is 35.5. The Labute approximate surface area is 78.6 Å². The van der Waals surface area contributed by atoms with Crippen LogP contribution < -0.4 is 0 Å². The molecule has 7 heteroatoms. The van der Waals surface area contributed by atoms with Gasteiger partial charge in [0.25, 0.3) is 0 Å². The van der Waals surface area contributed by atoms with Gasteiger partial charge in [-0.3, -0.25) is 4.79 Å². The third kappa shape index (κ3) is 2.75. The maximum atomic E-state index is 12.3. The molecular weight excluding hydrogens is 206 g/mol. The minimum atomic E-state index is -3.84. The van der Waals surface area contributed by atoms with Crippen LogP contribution in [0.25, 0.3) is 0 Å². The molecule has 0 aliphatic carbocycles. The van der Waals surface area contributed by atoms with Crippen LogP contribution in [0, 0.1) is 0 Å². The standard InChI is InChI=1S/C6H9ClF2N2O2/c7-6(8,9)5(12)10-1-3-11(13)4-2-10/h13H,1-4H2. The van der Waals surface area contributed by atoms with Gasteiger partial charge in [-0.2, -0.15) is 13.8 Å². The summed E-state index contributed by atoms with van der Waals surface area (Å²) in [5.74, 6) is -1.40. The molecule has 1 fully saturated rings. The van der Waals surface area contributed by atoms with Crippen molar-refractivity contribution < 1.29 is 18.8 Å². The molecule has 1 aliphatic heterocycles. The topological polar surface area (TPSA) is 43.8 Å². The van der Waals surface area contributed by atoms with E-state index in [1.807, 2.05) is 0 Å². The minimum Gasteiger partial charge on any atom is -0.334 e. The molecule has 13 heavy (non-hydrogen) atoms. The summed E-state index contributed by atoms with van der Waals surface area (Å²) in [4.78, 5) is 11.8. The summed E-state index contributed by atoms with van der Waals surface area (Å²) >= 11 is 4.55. The summed E-state index contributed by atoms with van der Waals surface area (Å²) in [6.45, 7) is 0.465. The Balaban J connectivity index is 2.50. The van der Waals surface area contributed by atoms with Gasteiger partial charge in [-0.15, -0.1) is 0 Å². The van der Waals surface area contributed by atoms with Crippen molar-refractivity contribution in [1.82, 2.24) is 9.96 Å². The van der Waals surface area contributed by atoms with E-state index in [-0.39, 0.29) is 26.2 Å². The van der Waals surface area contributed by atoms with Gasteiger partial charge in [-0.05, 0) is 11.6 Å². The van der Waals surface area contributed by atoms with Crippen molar-refractivity contribution in [2.45, 2.75) is 5.38 Å². The molecule has 0 unspecified atom stereocenters. The lowest BCUT2D eigenvalue weighted by Gasteiger charge is -2.31. The lowest BCUT2D eigenvalue weighted by molar-refractivity contribution is -0.159. The Bertz CT molecular complexity index is 201. The normalized spacial score (nSPS) is 20.5. The monoisotopic (exact) mass is 214 g/mol. The van der Waals surface area contributed by atoms with Crippen LogP contribution in [0.1, 0.15) is 0 Å². The van der Waals surface area contributed by atoms with Crippen LogP contribution in [0.3, 0.4) is 0 Å². The summed E-state index contributed by atoms with van der Waals surface area (Å²) in [6.07, 6.45) is 0. The highest BCUT2D eigenvalue weighted by Crippen LogP contribution is 2.22. The second kappa shape index (κ2) is 3.73. The third-order valence-electron chi connectivity index (χ3n) is 1.79. The molecule has 1 N–H and O–H groups in total. The van der Waals surface area contributed by atoms with Crippen molar-refractivity contribution in [3.8, 4) is 0 Å². The number of hydroxylamine groups is 2.